The summed E-state index contributed by atoms with van der Waals surface area (Å²) in [6.45, 7) is 2.00. The first kappa shape index (κ1) is 23.9. The molecule has 0 aliphatic rings. The number of halogens is 2. The van der Waals surface area contributed by atoms with Crippen LogP contribution >= 0.6 is 0 Å². The van der Waals surface area contributed by atoms with Crippen LogP contribution in [0.2, 0.25) is 17.3 Å². The van der Waals surface area contributed by atoms with Crippen LogP contribution in [0.4, 0.5) is 8.78 Å². The monoisotopic (exact) mass is 554 g/mol. The Morgan fingerprint density at radius 1 is 0.730 bits per heavy atom. The molecule has 2 aromatic heterocycles. The topological polar surface area (TPSA) is 17.0 Å². The summed E-state index contributed by atoms with van der Waals surface area (Å²) in [5.41, 5.74) is 4.88. The van der Waals surface area contributed by atoms with Gasteiger partial charge in [-0.25, -0.2) is 0 Å². The molecule has 37 heavy (non-hydrogen) atoms. The molecule has 0 fully saturated rings. The van der Waals surface area contributed by atoms with E-state index >= 15 is 8.78 Å². The summed E-state index contributed by atoms with van der Waals surface area (Å²) in [6.07, 6.45) is 1.94. The van der Waals surface area contributed by atoms with Crippen LogP contribution in [0.25, 0.3) is 55.1 Å². The first-order chi connectivity index (χ1) is 17.6. The molecular weight excluding hydrogens is 525 g/mol. The number of fused-ring (bicyclic) bond motifs is 4. The van der Waals surface area contributed by atoms with E-state index < -0.39 is 13.3 Å². The van der Waals surface area contributed by atoms with Gasteiger partial charge in [0.1, 0.15) is 0 Å². The minimum atomic E-state index is -2.40. The van der Waals surface area contributed by atoms with E-state index in [-0.39, 0.29) is 11.6 Å². The van der Waals surface area contributed by atoms with Crippen LogP contribution in [0, 0.1) is 18.6 Å². The fraction of sp³-hybridized carbons (Fsp3) is 0.156. The third-order valence-electron chi connectivity index (χ3n) is 7.29. The Balaban J connectivity index is 1.65. The Kier molecular flexibility index (Phi) is 5.50. The van der Waals surface area contributed by atoms with Gasteiger partial charge in [-0.2, -0.15) is 0 Å². The van der Waals surface area contributed by atoms with E-state index in [0.29, 0.717) is 16.7 Å². The summed E-state index contributed by atoms with van der Waals surface area (Å²) in [5, 5.41) is 3.86. The van der Waals surface area contributed by atoms with Crippen molar-refractivity contribution in [2.24, 2.45) is 7.05 Å². The standard InChI is InChI=1S/C32H28F2GeNO/c1-19-10-13-23-24-14-15-25(33)30(22-12-11-20-8-6-7-9-21(20)16-22)32(24)37-31(23)29(19)28-17-26(34)27(18-36(28)5)35(2,3)4/h6-18H,1-5H3/q+1. The molecule has 0 radical (unpaired) electrons. The van der Waals surface area contributed by atoms with Crippen molar-refractivity contribution in [3.63, 3.8) is 0 Å². The number of aryl methyl sites for hydroxylation is 2. The van der Waals surface area contributed by atoms with Crippen molar-refractivity contribution in [2.75, 3.05) is 0 Å². The second kappa shape index (κ2) is 8.52. The summed E-state index contributed by atoms with van der Waals surface area (Å²) in [6, 6.07) is 22.9. The molecule has 0 N–H and O–H groups in total. The number of pyridine rings is 1. The number of rotatable bonds is 3. The zero-order valence-corrected chi connectivity index (χ0v) is 23.7. The van der Waals surface area contributed by atoms with Crippen molar-refractivity contribution in [3.8, 4) is 22.4 Å². The van der Waals surface area contributed by atoms with Gasteiger partial charge in [-0.15, -0.1) is 0 Å². The molecule has 0 amide bonds. The van der Waals surface area contributed by atoms with Crippen LogP contribution in [0.3, 0.4) is 0 Å². The average Bonchev–Trinajstić information content (AvgIpc) is 3.22. The predicted molar refractivity (Wildman–Crippen MR) is 151 cm³/mol. The molecule has 0 bridgehead atoms. The molecule has 0 atom stereocenters. The summed E-state index contributed by atoms with van der Waals surface area (Å²) >= 11 is -2.40. The van der Waals surface area contributed by atoms with E-state index in [0.717, 1.165) is 48.3 Å². The van der Waals surface area contributed by atoms with Crippen LogP contribution in [0.5, 0.6) is 0 Å². The van der Waals surface area contributed by atoms with E-state index in [1.807, 2.05) is 79.3 Å². The van der Waals surface area contributed by atoms with Gasteiger partial charge in [-0.3, -0.25) is 0 Å². The zero-order valence-electron chi connectivity index (χ0n) is 21.6. The van der Waals surface area contributed by atoms with Gasteiger partial charge in [0, 0.05) is 0 Å². The second-order valence-electron chi connectivity index (χ2n) is 10.9. The normalized spacial score (nSPS) is 12.2. The predicted octanol–water partition coefficient (Wildman–Crippen LogP) is 8.03. The summed E-state index contributed by atoms with van der Waals surface area (Å²) in [7, 11) is 1.95. The fourth-order valence-corrected chi connectivity index (χ4v) is 8.21. The molecule has 4 aromatic carbocycles. The molecule has 0 unspecified atom stereocenters. The SMILES string of the molecule is Cc1ccc2c(oc3c(-c4ccc5ccccc5c4)c(F)ccc32)c1-c1cc(F)[c]([Ge]([CH3])([CH3])[CH3])c[n+]1C. The van der Waals surface area contributed by atoms with Gasteiger partial charge in [-0.1, -0.05) is 24.3 Å². The van der Waals surface area contributed by atoms with Crippen LogP contribution in [-0.2, 0) is 7.05 Å². The number of nitrogens with zero attached hydrogens (tertiary/aromatic N) is 1. The van der Waals surface area contributed by atoms with E-state index in [1.54, 1.807) is 12.1 Å². The quantitative estimate of drug-likeness (QED) is 0.160. The molecule has 184 valence electrons. The number of hydrogen-bond acceptors (Lipinski definition) is 1. The van der Waals surface area contributed by atoms with Crippen LogP contribution in [-0.4, -0.2) is 13.3 Å². The number of hydrogen-bond donors (Lipinski definition) is 0. The molecule has 0 saturated heterocycles. The van der Waals surface area contributed by atoms with Gasteiger partial charge < -0.3 is 0 Å². The molecule has 2 nitrogen and oxygen atoms in total. The van der Waals surface area contributed by atoms with Crippen molar-refractivity contribution in [2.45, 2.75) is 24.2 Å². The van der Waals surface area contributed by atoms with Gasteiger partial charge in [0.2, 0.25) is 0 Å². The second-order valence-corrected chi connectivity index (χ2v) is 21.4. The van der Waals surface area contributed by atoms with E-state index in [9.17, 15) is 0 Å². The zero-order chi connectivity index (χ0) is 26.1. The third-order valence-corrected chi connectivity index (χ3v) is 11.5. The molecule has 6 aromatic rings. The Labute approximate surface area is 217 Å². The molecule has 0 aliphatic heterocycles. The van der Waals surface area contributed by atoms with Crippen molar-refractivity contribution < 1.29 is 17.8 Å². The van der Waals surface area contributed by atoms with Gasteiger partial charge in [0.05, 0.1) is 0 Å². The minimum absolute atomic E-state index is 0.170. The maximum absolute atomic E-state index is 15.4. The Bertz CT molecular complexity index is 1860. The van der Waals surface area contributed by atoms with Crippen LogP contribution in [0.15, 0.2) is 83.4 Å². The van der Waals surface area contributed by atoms with Crippen molar-refractivity contribution in [1.29, 1.82) is 0 Å². The summed E-state index contributed by atoms with van der Waals surface area (Å²) < 4.78 is 40.1. The number of aromatic nitrogens is 1. The molecule has 5 heteroatoms. The first-order valence-electron chi connectivity index (χ1n) is 12.5. The molecule has 6 rings (SSSR count). The van der Waals surface area contributed by atoms with Crippen molar-refractivity contribution in [1.82, 2.24) is 0 Å². The van der Waals surface area contributed by atoms with Crippen LogP contribution < -0.4 is 8.96 Å². The van der Waals surface area contributed by atoms with E-state index in [2.05, 4.69) is 17.3 Å². The Morgan fingerprint density at radius 2 is 1.41 bits per heavy atom. The molecule has 0 aliphatic carbocycles. The van der Waals surface area contributed by atoms with E-state index in [4.69, 9.17) is 4.42 Å². The molecule has 0 saturated carbocycles. The average molecular weight is 553 g/mol. The Morgan fingerprint density at radius 3 is 2.14 bits per heavy atom. The van der Waals surface area contributed by atoms with Crippen molar-refractivity contribution >= 4 is 50.4 Å². The van der Waals surface area contributed by atoms with Gasteiger partial charge in [0.15, 0.2) is 0 Å². The van der Waals surface area contributed by atoms with Gasteiger partial charge in [-0.05, 0) is 5.39 Å². The maximum atomic E-state index is 15.4. The van der Waals surface area contributed by atoms with Crippen molar-refractivity contribution in [3.05, 3.63) is 96.2 Å². The molecular formula is C32H28F2GeNO+. The number of benzene rings is 4. The number of furan rings is 1. The fourth-order valence-electron chi connectivity index (χ4n) is 5.34. The van der Waals surface area contributed by atoms with Crippen LogP contribution in [0.1, 0.15) is 5.56 Å². The van der Waals surface area contributed by atoms with Gasteiger partial charge >= 0.3 is 188 Å². The molecule has 2 heterocycles. The summed E-state index contributed by atoms with van der Waals surface area (Å²) in [5.74, 6) is 6.05. The summed E-state index contributed by atoms with van der Waals surface area (Å²) in [4.78, 5) is 0. The molecule has 0 spiro atoms. The van der Waals surface area contributed by atoms with Gasteiger partial charge in [0.25, 0.3) is 0 Å². The van der Waals surface area contributed by atoms with E-state index in [1.165, 1.54) is 6.07 Å². The Hall–Kier alpha value is -3.51. The third kappa shape index (κ3) is 3.86. The first-order valence-corrected chi connectivity index (χ1v) is 19.8.